The number of carbonyl (C=O) groups excluding carboxylic acids is 2. The van der Waals surface area contributed by atoms with E-state index in [4.69, 9.17) is 4.74 Å². The number of ether oxygens (including phenoxy) is 1. The summed E-state index contributed by atoms with van der Waals surface area (Å²) in [6, 6.07) is 15.1. The predicted octanol–water partition coefficient (Wildman–Crippen LogP) is 3.00. The molecule has 1 aliphatic rings. The maximum absolute atomic E-state index is 12.2. The van der Waals surface area contributed by atoms with Crippen molar-refractivity contribution in [2.24, 2.45) is 0 Å². The fraction of sp³-hybridized carbons (Fsp3) is 0.263. The number of hydrogen-bond donors (Lipinski definition) is 1. The first-order valence-electron chi connectivity index (χ1n) is 8.03. The van der Waals surface area contributed by atoms with Crippen LogP contribution in [-0.4, -0.2) is 25.0 Å². The Morgan fingerprint density at radius 3 is 2.67 bits per heavy atom. The molecule has 5 nitrogen and oxygen atoms in total. The summed E-state index contributed by atoms with van der Waals surface area (Å²) in [7, 11) is 0. The third-order valence-electron chi connectivity index (χ3n) is 3.99. The topological polar surface area (TPSA) is 58.6 Å². The van der Waals surface area contributed by atoms with E-state index in [0.29, 0.717) is 18.8 Å². The number of anilines is 2. The first-order valence-corrected chi connectivity index (χ1v) is 8.03. The fourth-order valence-electron chi connectivity index (χ4n) is 2.86. The minimum atomic E-state index is -0.130. The van der Waals surface area contributed by atoms with Crippen molar-refractivity contribution < 1.29 is 14.3 Å². The van der Waals surface area contributed by atoms with Gasteiger partial charge in [-0.15, -0.1) is 0 Å². The molecule has 1 aliphatic heterocycles. The van der Waals surface area contributed by atoms with Crippen LogP contribution in [0.5, 0.6) is 5.75 Å². The van der Waals surface area contributed by atoms with E-state index in [0.717, 1.165) is 23.4 Å². The Labute approximate surface area is 141 Å². The van der Waals surface area contributed by atoms with Crippen molar-refractivity contribution in [3.63, 3.8) is 0 Å². The van der Waals surface area contributed by atoms with Crippen molar-refractivity contribution in [2.75, 3.05) is 23.4 Å². The Balaban J connectivity index is 1.61. The SMILES string of the molecule is CC(=O)N1CCc2cccc(NC(=O)CCOc3ccccc3)c21. The van der Waals surface area contributed by atoms with Gasteiger partial charge in [0.1, 0.15) is 5.75 Å². The summed E-state index contributed by atoms with van der Waals surface area (Å²) in [6.07, 6.45) is 1.06. The van der Waals surface area contributed by atoms with Gasteiger partial charge in [-0.2, -0.15) is 0 Å². The molecule has 0 unspecified atom stereocenters. The highest BCUT2D eigenvalue weighted by Crippen LogP contribution is 2.35. The van der Waals surface area contributed by atoms with Gasteiger partial charge in [-0.1, -0.05) is 30.3 Å². The van der Waals surface area contributed by atoms with E-state index in [1.165, 1.54) is 0 Å². The molecule has 5 heteroatoms. The second-order valence-corrected chi connectivity index (χ2v) is 5.69. The zero-order chi connectivity index (χ0) is 16.9. The Morgan fingerprint density at radius 2 is 1.92 bits per heavy atom. The zero-order valence-corrected chi connectivity index (χ0v) is 13.6. The molecule has 2 aromatic rings. The largest absolute Gasteiger partial charge is 0.493 e. The maximum Gasteiger partial charge on any atom is 0.227 e. The van der Waals surface area contributed by atoms with Gasteiger partial charge in [0.15, 0.2) is 0 Å². The van der Waals surface area contributed by atoms with E-state index >= 15 is 0 Å². The maximum atomic E-state index is 12.2. The lowest BCUT2D eigenvalue weighted by Crippen LogP contribution is -2.27. The quantitative estimate of drug-likeness (QED) is 0.920. The summed E-state index contributed by atoms with van der Waals surface area (Å²) >= 11 is 0. The average Bonchev–Trinajstić information content (AvgIpc) is 3.01. The number of fused-ring (bicyclic) bond motifs is 1. The van der Waals surface area contributed by atoms with Crippen LogP contribution in [0.4, 0.5) is 11.4 Å². The second-order valence-electron chi connectivity index (χ2n) is 5.69. The molecule has 0 saturated carbocycles. The lowest BCUT2D eigenvalue weighted by molar-refractivity contribution is -0.117. The van der Waals surface area contributed by atoms with Crippen molar-refractivity contribution in [1.82, 2.24) is 0 Å². The number of amides is 2. The zero-order valence-electron chi connectivity index (χ0n) is 13.6. The number of benzene rings is 2. The van der Waals surface area contributed by atoms with Crippen LogP contribution < -0.4 is 15.0 Å². The number of carbonyl (C=O) groups is 2. The summed E-state index contributed by atoms with van der Waals surface area (Å²) in [5.41, 5.74) is 2.59. The summed E-state index contributed by atoms with van der Waals surface area (Å²) in [5, 5.41) is 2.90. The molecule has 0 atom stereocenters. The Morgan fingerprint density at radius 1 is 1.12 bits per heavy atom. The molecule has 0 radical (unpaired) electrons. The third kappa shape index (κ3) is 3.56. The molecule has 0 spiro atoms. The van der Waals surface area contributed by atoms with Crippen LogP contribution in [0.3, 0.4) is 0 Å². The fourth-order valence-corrected chi connectivity index (χ4v) is 2.86. The molecule has 24 heavy (non-hydrogen) atoms. The van der Waals surface area contributed by atoms with Gasteiger partial charge in [-0.25, -0.2) is 0 Å². The van der Waals surface area contributed by atoms with Crippen LogP contribution in [0.1, 0.15) is 18.9 Å². The van der Waals surface area contributed by atoms with E-state index < -0.39 is 0 Å². The molecule has 0 aromatic heterocycles. The van der Waals surface area contributed by atoms with Gasteiger partial charge in [0.25, 0.3) is 0 Å². The van der Waals surface area contributed by atoms with Crippen LogP contribution in [0.25, 0.3) is 0 Å². The van der Waals surface area contributed by atoms with Gasteiger partial charge in [0, 0.05) is 13.5 Å². The second kappa shape index (κ2) is 7.17. The van der Waals surface area contributed by atoms with Gasteiger partial charge in [-0.3, -0.25) is 9.59 Å². The van der Waals surface area contributed by atoms with Crippen molar-refractivity contribution >= 4 is 23.2 Å². The highest BCUT2D eigenvalue weighted by Gasteiger charge is 2.25. The van der Waals surface area contributed by atoms with Crippen LogP contribution in [0.15, 0.2) is 48.5 Å². The normalized spacial score (nSPS) is 12.6. The Bertz CT molecular complexity index is 744. The van der Waals surface area contributed by atoms with Crippen molar-refractivity contribution in [2.45, 2.75) is 19.8 Å². The number of nitrogens with one attached hydrogen (secondary N) is 1. The molecule has 1 heterocycles. The monoisotopic (exact) mass is 324 g/mol. The van der Waals surface area contributed by atoms with Gasteiger partial charge >= 0.3 is 0 Å². The molecule has 3 rings (SSSR count). The highest BCUT2D eigenvalue weighted by atomic mass is 16.5. The van der Waals surface area contributed by atoms with Crippen molar-refractivity contribution in [3.8, 4) is 5.75 Å². The van der Waals surface area contributed by atoms with Crippen molar-refractivity contribution in [3.05, 3.63) is 54.1 Å². The van der Waals surface area contributed by atoms with Crippen LogP contribution >= 0.6 is 0 Å². The number of para-hydroxylation sites is 2. The van der Waals surface area contributed by atoms with Gasteiger partial charge in [0.2, 0.25) is 11.8 Å². The number of nitrogens with zero attached hydrogens (tertiary/aromatic N) is 1. The Hall–Kier alpha value is -2.82. The number of rotatable bonds is 5. The molecule has 2 amide bonds. The minimum Gasteiger partial charge on any atom is -0.493 e. The number of hydrogen-bond acceptors (Lipinski definition) is 3. The summed E-state index contributed by atoms with van der Waals surface area (Å²) < 4.78 is 5.54. The lowest BCUT2D eigenvalue weighted by Gasteiger charge is -2.19. The molecular formula is C19H20N2O3. The van der Waals surface area contributed by atoms with Gasteiger partial charge in [-0.05, 0) is 30.2 Å². The van der Waals surface area contributed by atoms with E-state index in [-0.39, 0.29) is 18.2 Å². The minimum absolute atomic E-state index is 0.0112. The Kier molecular flexibility index (Phi) is 4.79. The molecule has 0 saturated heterocycles. The first-order chi connectivity index (χ1) is 11.6. The van der Waals surface area contributed by atoms with Crippen LogP contribution in [-0.2, 0) is 16.0 Å². The third-order valence-corrected chi connectivity index (χ3v) is 3.99. The lowest BCUT2D eigenvalue weighted by atomic mass is 10.1. The molecule has 1 N–H and O–H groups in total. The highest BCUT2D eigenvalue weighted by molar-refractivity contribution is 6.02. The van der Waals surface area contributed by atoms with E-state index in [9.17, 15) is 9.59 Å². The molecule has 124 valence electrons. The summed E-state index contributed by atoms with van der Waals surface area (Å²) in [6.45, 7) is 2.51. The van der Waals surface area contributed by atoms with E-state index in [1.807, 2.05) is 48.5 Å². The first kappa shape index (κ1) is 16.1. The van der Waals surface area contributed by atoms with Gasteiger partial charge in [0.05, 0.1) is 24.4 Å². The molecule has 2 aromatic carbocycles. The van der Waals surface area contributed by atoms with Crippen molar-refractivity contribution in [1.29, 1.82) is 0 Å². The molecular weight excluding hydrogens is 304 g/mol. The molecule has 0 aliphatic carbocycles. The van der Waals surface area contributed by atoms with Crippen LogP contribution in [0, 0.1) is 0 Å². The van der Waals surface area contributed by atoms with E-state index in [1.54, 1.807) is 11.8 Å². The molecule has 0 fully saturated rings. The predicted molar refractivity (Wildman–Crippen MR) is 93.4 cm³/mol. The van der Waals surface area contributed by atoms with Crippen LogP contribution in [0.2, 0.25) is 0 Å². The standard InChI is InChI=1S/C19H20N2O3/c1-14(22)21-12-10-15-6-5-9-17(19(15)21)20-18(23)11-13-24-16-7-3-2-4-8-16/h2-9H,10-13H2,1H3,(H,20,23). The average molecular weight is 324 g/mol. The summed E-state index contributed by atoms with van der Waals surface area (Å²) in [4.78, 5) is 25.7. The smallest absolute Gasteiger partial charge is 0.227 e. The molecule has 0 bridgehead atoms. The summed E-state index contributed by atoms with van der Waals surface area (Å²) in [5.74, 6) is 0.603. The van der Waals surface area contributed by atoms with Gasteiger partial charge < -0.3 is 15.0 Å². The van der Waals surface area contributed by atoms with E-state index in [2.05, 4.69) is 5.32 Å².